The van der Waals surface area contributed by atoms with Gasteiger partial charge in [-0.05, 0) is 23.6 Å². The molecule has 3 rings (SSSR count). The zero-order valence-electron chi connectivity index (χ0n) is 14.8. The third-order valence-corrected chi connectivity index (χ3v) is 6.79. The summed E-state index contributed by atoms with van der Waals surface area (Å²) in [6.07, 6.45) is 0. The Hall–Kier alpha value is -1.44. The van der Waals surface area contributed by atoms with E-state index >= 15 is 0 Å². The first-order valence-electron chi connectivity index (χ1n) is 8.76. The van der Waals surface area contributed by atoms with Crippen LogP contribution in [0.2, 0.25) is 0 Å². The van der Waals surface area contributed by atoms with Crippen LogP contribution in [0, 0.1) is 5.92 Å². The number of rotatable bonds is 5. The minimum atomic E-state index is -3.00. The van der Waals surface area contributed by atoms with Crippen LogP contribution in [0.1, 0.15) is 29.8 Å². The Morgan fingerprint density at radius 2 is 1.68 bits per heavy atom. The van der Waals surface area contributed by atoms with Crippen LogP contribution in [0.25, 0.3) is 0 Å². The predicted octanol–water partition coefficient (Wildman–Crippen LogP) is 1.32. The number of benzene rings is 1. The van der Waals surface area contributed by atoms with E-state index in [0.717, 1.165) is 25.2 Å². The zero-order valence-corrected chi connectivity index (χ0v) is 15.6. The topological polar surface area (TPSA) is 77.9 Å². The summed E-state index contributed by atoms with van der Waals surface area (Å²) in [5, 5.41) is 9.00. The van der Waals surface area contributed by atoms with Crippen LogP contribution in [-0.4, -0.2) is 72.5 Å². The molecule has 0 amide bonds. The SMILES string of the molecule is CC(C)CN1CCN(Cc2ccc(C(=O)O)cc2)[C@H]2CS(=O)(=O)C[C@H]21. The number of hydrogen-bond donors (Lipinski definition) is 1. The normalized spacial score (nSPS) is 26.7. The number of carboxylic acid groups (broad SMARTS) is 1. The van der Waals surface area contributed by atoms with E-state index < -0.39 is 15.8 Å². The Bertz CT molecular complexity index is 730. The molecule has 2 saturated heterocycles. The number of nitrogens with zero attached hydrogens (tertiary/aromatic N) is 2. The smallest absolute Gasteiger partial charge is 0.335 e. The molecule has 0 unspecified atom stereocenters. The lowest BCUT2D eigenvalue weighted by atomic mass is 10.0. The monoisotopic (exact) mass is 366 g/mol. The van der Waals surface area contributed by atoms with Gasteiger partial charge < -0.3 is 5.11 Å². The minimum absolute atomic E-state index is 0.0247. The molecule has 7 heteroatoms. The minimum Gasteiger partial charge on any atom is -0.478 e. The second-order valence-corrected chi connectivity index (χ2v) is 9.73. The fraction of sp³-hybridized carbons (Fsp3) is 0.611. The van der Waals surface area contributed by atoms with Gasteiger partial charge in [-0.1, -0.05) is 26.0 Å². The highest BCUT2D eigenvalue weighted by Crippen LogP contribution is 2.28. The van der Waals surface area contributed by atoms with Crippen LogP contribution in [0.5, 0.6) is 0 Å². The Morgan fingerprint density at radius 1 is 1.12 bits per heavy atom. The molecule has 0 aromatic heterocycles. The van der Waals surface area contributed by atoms with Crippen LogP contribution >= 0.6 is 0 Å². The van der Waals surface area contributed by atoms with Crippen LogP contribution in [0.15, 0.2) is 24.3 Å². The number of sulfone groups is 1. The molecule has 1 aromatic rings. The Balaban J connectivity index is 1.75. The van der Waals surface area contributed by atoms with Gasteiger partial charge in [0.2, 0.25) is 0 Å². The van der Waals surface area contributed by atoms with Crippen LogP contribution in [0.4, 0.5) is 0 Å². The number of fused-ring (bicyclic) bond motifs is 1. The lowest BCUT2D eigenvalue weighted by Crippen LogP contribution is -2.59. The molecule has 0 bridgehead atoms. The summed E-state index contributed by atoms with van der Waals surface area (Å²) in [4.78, 5) is 15.6. The summed E-state index contributed by atoms with van der Waals surface area (Å²) in [7, 11) is -3.00. The third-order valence-electron chi connectivity index (χ3n) is 5.09. The summed E-state index contributed by atoms with van der Waals surface area (Å²) < 4.78 is 24.5. The molecule has 1 N–H and O–H groups in total. The number of hydrogen-bond acceptors (Lipinski definition) is 5. The van der Waals surface area contributed by atoms with Gasteiger partial charge in [0.15, 0.2) is 9.84 Å². The van der Waals surface area contributed by atoms with Crippen LogP contribution in [-0.2, 0) is 16.4 Å². The van der Waals surface area contributed by atoms with Crippen LogP contribution in [0.3, 0.4) is 0 Å². The van der Waals surface area contributed by atoms with E-state index in [1.54, 1.807) is 12.1 Å². The number of aromatic carboxylic acids is 1. The van der Waals surface area contributed by atoms with Crippen molar-refractivity contribution in [2.45, 2.75) is 32.5 Å². The van der Waals surface area contributed by atoms with Gasteiger partial charge in [0.05, 0.1) is 17.1 Å². The molecule has 0 radical (unpaired) electrons. The fourth-order valence-electron chi connectivity index (χ4n) is 3.98. The van der Waals surface area contributed by atoms with Crippen molar-refractivity contribution in [2.24, 2.45) is 5.92 Å². The second-order valence-electron chi connectivity index (χ2n) is 7.57. The van der Waals surface area contributed by atoms with E-state index in [4.69, 9.17) is 5.11 Å². The van der Waals surface area contributed by atoms with E-state index in [2.05, 4.69) is 23.6 Å². The molecule has 0 spiro atoms. The molecule has 2 atom stereocenters. The van der Waals surface area contributed by atoms with Crippen molar-refractivity contribution < 1.29 is 18.3 Å². The fourth-order valence-corrected chi connectivity index (χ4v) is 6.02. The number of piperazine rings is 1. The van der Waals surface area contributed by atoms with Crippen molar-refractivity contribution in [1.29, 1.82) is 0 Å². The Kier molecular flexibility index (Phi) is 5.18. The van der Waals surface area contributed by atoms with Crippen molar-refractivity contribution in [2.75, 3.05) is 31.1 Å². The van der Waals surface area contributed by atoms with E-state index in [0.29, 0.717) is 12.5 Å². The Labute approximate surface area is 149 Å². The maximum absolute atomic E-state index is 12.2. The molecule has 2 fully saturated rings. The van der Waals surface area contributed by atoms with Crippen molar-refractivity contribution in [3.05, 3.63) is 35.4 Å². The van der Waals surface area contributed by atoms with Crippen molar-refractivity contribution in [3.63, 3.8) is 0 Å². The van der Waals surface area contributed by atoms with Gasteiger partial charge in [0.1, 0.15) is 0 Å². The first kappa shape index (κ1) is 18.4. The predicted molar refractivity (Wildman–Crippen MR) is 96.5 cm³/mol. The van der Waals surface area contributed by atoms with E-state index in [9.17, 15) is 13.2 Å². The summed E-state index contributed by atoms with van der Waals surface area (Å²) in [5.74, 6) is 0.0491. The van der Waals surface area contributed by atoms with Gasteiger partial charge in [-0.3, -0.25) is 9.80 Å². The molecule has 2 heterocycles. The van der Waals surface area contributed by atoms with Gasteiger partial charge in [0.25, 0.3) is 0 Å². The Morgan fingerprint density at radius 3 is 2.24 bits per heavy atom. The maximum atomic E-state index is 12.2. The molecule has 0 saturated carbocycles. The molecular weight excluding hydrogens is 340 g/mol. The average molecular weight is 366 g/mol. The molecule has 2 aliphatic heterocycles. The highest BCUT2D eigenvalue weighted by atomic mass is 32.2. The third kappa shape index (κ3) is 4.22. The van der Waals surface area contributed by atoms with Crippen molar-refractivity contribution in [3.8, 4) is 0 Å². The quantitative estimate of drug-likeness (QED) is 0.847. The molecule has 2 aliphatic rings. The summed E-state index contributed by atoms with van der Waals surface area (Å²) >= 11 is 0. The van der Waals surface area contributed by atoms with Gasteiger partial charge in [-0.25, -0.2) is 13.2 Å². The first-order chi connectivity index (χ1) is 11.7. The van der Waals surface area contributed by atoms with Gasteiger partial charge >= 0.3 is 5.97 Å². The first-order valence-corrected chi connectivity index (χ1v) is 10.6. The maximum Gasteiger partial charge on any atom is 0.335 e. The highest BCUT2D eigenvalue weighted by molar-refractivity contribution is 7.91. The van der Waals surface area contributed by atoms with Crippen LogP contribution < -0.4 is 0 Å². The van der Waals surface area contributed by atoms with Gasteiger partial charge in [-0.2, -0.15) is 0 Å². The lowest BCUT2D eigenvalue weighted by Gasteiger charge is -2.44. The van der Waals surface area contributed by atoms with E-state index in [1.807, 2.05) is 12.1 Å². The molecular formula is C18H26N2O4S. The number of carbonyl (C=O) groups is 1. The summed E-state index contributed by atoms with van der Waals surface area (Å²) in [6.45, 7) is 7.62. The second kappa shape index (κ2) is 7.05. The molecule has 25 heavy (non-hydrogen) atoms. The average Bonchev–Trinajstić information content (AvgIpc) is 2.86. The van der Waals surface area contributed by atoms with E-state index in [1.165, 1.54) is 0 Å². The van der Waals surface area contributed by atoms with Crippen molar-refractivity contribution in [1.82, 2.24) is 9.80 Å². The standard InChI is InChI=1S/C18H26N2O4S/c1-13(2)9-19-7-8-20(17-12-25(23,24)11-16(17)19)10-14-3-5-15(6-4-14)18(21)22/h3-6,13,16-17H,7-12H2,1-2H3,(H,21,22)/t16-,17+/m1/s1. The number of carboxylic acids is 1. The summed E-state index contributed by atoms with van der Waals surface area (Å²) in [6, 6.07) is 6.95. The zero-order chi connectivity index (χ0) is 18.2. The largest absolute Gasteiger partial charge is 0.478 e. The lowest BCUT2D eigenvalue weighted by molar-refractivity contribution is 0.0337. The van der Waals surface area contributed by atoms with Gasteiger partial charge in [0, 0.05) is 38.3 Å². The molecule has 1 aromatic carbocycles. The summed E-state index contributed by atoms with van der Waals surface area (Å²) in [5.41, 5.74) is 1.29. The van der Waals surface area contributed by atoms with Crippen molar-refractivity contribution >= 4 is 15.8 Å². The molecule has 0 aliphatic carbocycles. The molecule has 138 valence electrons. The molecule has 6 nitrogen and oxygen atoms in total. The van der Waals surface area contributed by atoms with E-state index in [-0.39, 0.29) is 29.2 Å². The highest BCUT2D eigenvalue weighted by Gasteiger charge is 2.46. The van der Waals surface area contributed by atoms with Gasteiger partial charge in [-0.15, -0.1) is 0 Å².